The van der Waals surface area contributed by atoms with Crippen molar-refractivity contribution in [1.82, 2.24) is 9.97 Å². The highest BCUT2D eigenvalue weighted by atomic mass is 79.9. The highest BCUT2D eigenvalue weighted by molar-refractivity contribution is 9.10. The molecular formula is C9H8BrCl2N3O3S. The molecule has 2 heterocycles. The minimum atomic E-state index is -3.63. The molecule has 0 spiro atoms. The number of anilines is 1. The summed E-state index contributed by atoms with van der Waals surface area (Å²) in [7, 11) is 1.57. The van der Waals surface area contributed by atoms with E-state index < -0.39 is 9.05 Å². The van der Waals surface area contributed by atoms with Gasteiger partial charge in [-0.1, -0.05) is 0 Å². The van der Waals surface area contributed by atoms with E-state index in [1.165, 1.54) is 11.1 Å². The van der Waals surface area contributed by atoms with E-state index in [1.54, 1.807) is 0 Å². The summed E-state index contributed by atoms with van der Waals surface area (Å²) >= 11 is 8.92. The molecule has 104 valence electrons. The lowest BCUT2D eigenvalue weighted by atomic mass is 10.1. The van der Waals surface area contributed by atoms with E-state index in [0.29, 0.717) is 10.3 Å². The van der Waals surface area contributed by atoms with Gasteiger partial charge >= 0.3 is 0 Å². The van der Waals surface area contributed by atoms with Crippen molar-refractivity contribution in [2.24, 2.45) is 5.92 Å². The molecule has 6 nitrogen and oxygen atoms in total. The fourth-order valence-electron chi connectivity index (χ4n) is 1.91. The molecule has 1 aromatic heterocycles. The minimum Gasteiger partial charge on any atom is -0.295 e. The maximum atomic E-state index is 11.9. The molecule has 2 rings (SSSR count). The van der Waals surface area contributed by atoms with E-state index in [9.17, 15) is 13.2 Å². The van der Waals surface area contributed by atoms with Crippen molar-refractivity contribution >= 4 is 59.0 Å². The van der Waals surface area contributed by atoms with Crippen LogP contribution in [0, 0.1) is 5.92 Å². The van der Waals surface area contributed by atoms with Gasteiger partial charge in [-0.3, -0.25) is 9.69 Å². The zero-order valence-electron chi connectivity index (χ0n) is 9.38. The normalized spacial score (nSPS) is 20.1. The van der Waals surface area contributed by atoms with Crippen LogP contribution in [0.25, 0.3) is 0 Å². The molecule has 0 radical (unpaired) electrons. The summed E-state index contributed by atoms with van der Waals surface area (Å²) in [4.78, 5) is 21.0. The Morgan fingerprint density at radius 1 is 1.53 bits per heavy atom. The van der Waals surface area contributed by atoms with Crippen molar-refractivity contribution in [3.8, 4) is 0 Å². The molecule has 0 bridgehead atoms. The van der Waals surface area contributed by atoms with Crippen LogP contribution in [-0.2, 0) is 13.8 Å². The van der Waals surface area contributed by atoms with Crippen LogP contribution in [0.3, 0.4) is 0 Å². The number of hydrogen-bond donors (Lipinski definition) is 0. The molecule has 1 aliphatic heterocycles. The summed E-state index contributed by atoms with van der Waals surface area (Å²) in [6.07, 6.45) is 1.55. The maximum absolute atomic E-state index is 11.9. The van der Waals surface area contributed by atoms with Gasteiger partial charge in [-0.2, -0.15) is 4.98 Å². The Labute approximate surface area is 127 Å². The Morgan fingerprint density at radius 3 is 2.84 bits per heavy atom. The molecule has 1 atom stereocenters. The van der Waals surface area contributed by atoms with Gasteiger partial charge in [-0.05, 0) is 27.5 Å². The van der Waals surface area contributed by atoms with Gasteiger partial charge in [-0.15, -0.1) is 0 Å². The number of amides is 1. The summed E-state index contributed by atoms with van der Waals surface area (Å²) in [5, 5.41) is 0.0133. The quantitative estimate of drug-likeness (QED) is 0.582. The second kappa shape index (κ2) is 5.51. The third-order valence-corrected chi connectivity index (χ3v) is 4.58. The summed E-state index contributed by atoms with van der Waals surface area (Å²) in [5.41, 5.74) is 0. The molecule has 1 unspecified atom stereocenters. The number of aromatic nitrogens is 2. The molecule has 0 N–H and O–H groups in total. The SMILES string of the molecule is O=C1CC(CS(=O)(=O)Cl)CN1c1nc(Cl)ncc1Br. The van der Waals surface area contributed by atoms with Gasteiger partial charge in [-0.25, -0.2) is 13.4 Å². The topological polar surface area (TPSA) is 80.2 Å². The van der Waals surface area contributed by atoms with Crippen LogP contribution in [0.15, 0.2) is 10.7 Å². The number of carbonyl (C=O) groups is 1. The number of rotatable bonds is 3. The summed E-state index contributed by atoms with van der Waals surface area (Å²) < 4.78 is 22.6. The molecule has 1 aromatic rings. The fraction of sp³-hybridized carbons (Fsp3) is 0.444. The first-order chi connectivity index (χ1) is 8.76. The summed E-state index contributed by atoms with van der Waals surface area (Å²) in [6, 6.07) is 0. The molecule has 0 saturated carbocycles. The minimum absolute atomic E-state index is 0.0133. The lowest BCUT2D eigenvalue weighted by molar-refractivity contribution is -0.117. The second-order valence-electron chi connectivity index (χ2n) is 4.09. The van der Waals surface area contributed by atoms with Crippen molar-refractivity contribution in [3.05, 3.63) is 16.0 Å². The van der Waals surface area contributed by atoms with Crippen LogP contribution in [0.2, 0.25) is 5.28 Å². The molecule has 0 aromatic carbocycles. The standard InChI is InChI=1S/C9H8BrCl2N3O3S/c10-6-2-13-9(11)14-8(6)15-3-5(1-7(15)16)4-19(12,17)18/h2,5H,1,3-4H2. The van der Waals surface area contributed by atoms with Crippen molar-refractivity contribution in [1.29, 1.82) is 0 Å². The van der Waals surface area contributed by atoms with Crippen LogP contribution < -0.4 is 4.90 Å². The number of halogens is 3. The van der Waals surface area contributed by atoms with Crippen molar-refractivity contribution < 1.29 is 13.2 Å². The zero-order chi connectivity index (χ0) is 14.2. The molecule has 1 fully saturated rings. The largest absolute Gasteiger partial charge is 0.295 e. The van der Waals surface area contributed by atoms with Crippen LogP contribution >= 0.6 is 38.2 Å². The smallest absolute Gasteiger partial charge is 0.232 e. The van der Waals surface area contributed by atoms with Gasteiger partial charge in [0.2, 0.25) is 20.2 Å². The van der Waals surface area contributed by atoms with Gasteiger partial charge in [0.05, 0.1) is 10.2 Å². The van der Waals surface area contributed by atoms with Crippen molar-refractivity contribution in [2.45, 2.75) is 6.42 Å². The highest BCUT2D eigenvalue weighted by Crippen LogP contribution is 2.30. The molecule has 19 heavy (non-hydrogen) atoms. The highest BCUT2D eigenvalue weighted by Gasteiger charge is 2.34. The Bertz CT molecular complexity index is 625. The molecule has 1 saturated heterocycles. The average Bonchev–Trinajstić information content (AvgIpc) is 2.60. The lowest BCUT2D eigenvalue weighted by Gasteiger charge is -2.16. The fourth-order valence-corrected chi connectivity index (χ4v) is 3.76. The number of hydrogen-bond acceptors (Lipinski definition) is 5. The molecular weight excluding hydrogens is 381 g/mol. The molecule has 1 aliphatic rings. The van der Waals surface area contributed by atoms with Gasteiger partial charge in [0, 0.05) is 35.8 Å². The predicted molar refractivity (Wildman–Crippen MR) is 74.8 cm³/mol. The van der Waals surface area contributed by atoms with Gasteiger partial charge in [0.15, 0.2) is 5.82 Å². The third kappa shape index (κ3) is 3.77. The summed E-state index contributed by atoms with van der Waals surface area (Å²) in [5.74, 6) is -0.483. The van der Waals surface area contributed by atoms with Crippen LogP contribution in [0.5, 0.6) is 0 Å². The van der Waals surface area contributed by atoms with E-state index >= 15 is 0 Å². The molecule has 1 amide bonds. The van der Waals surface area contributed by atoms with E-state index in [1.807, 2.05) is 0 Å². The Hall–Kier alpha value is -0.440. The Balaban J connectivity index is 2.23. The zero-order valence-corrected chi connectivity index (χ0v) is 13.3. The van der Waals surface area contributed by atoms with E-state index in [0.717, 1.165) is 0 Å². The Kier molecular flexibility index (Phi) is 4.34. The second-order valence-corrected chi connectivity index (χ2v) is 8.10. The molecule has 10 heteroatoms. The van der Waals surface area contributed by atoms with Crippen LogP contribution in [0.4, 0.5) is 5.82 Å². The number of carbonyl (C=O) groups excluding carboxylic acids is 1. The van der Waals surface area contributed by atoms with E-state index in [-0.39, 0.29) is 35.8 Å². The number of nitrogens with zero attached hydrogens (tertiary/aromatic N) is 3. The lowest BCUT2D eigenvalue weighted by Crippen LogP contribution is -2.26. The average molecular weight is 389 g/mol. The Morgan fingerprint density at radius 2 is 2.21 bits per heavy atom. The van der Waals surface area contributed by atoms with Crippen molar-refractivity contribution in [2.75, 3.05) is 17.2 Å². The van der Waals surface area contributed by atoms with Gasteiger partial charge < -0.3 is 0 Å². The molecule has 0 aliphatic carbocycles. The first kappa shape index (κ1) is 15.0. The monoisotopic (exact) mass is 387 g/mol. The van der Waals surface area contributed by atoms with Gasteiger partial charge in [0.1, 0.15) is 0 Å². The first-order valence-electron chi connectivity index (χ1n) is 5.17. The van der Waals surface area contributed by atoms with Crippen LogP contribution in [-0.4, -0.2) is 36.6 Å². The predicted octanol–water partition coefficient (Wildman–Crippen LogP) is 1.81. The van der Waals surface area contributed by atoms with E-state index in [4.69, 9.17) is 22.3 Å². The first-order valence-corrected chi connectivity index (χ1v) is 8.82. The van der Waals surface area contributed by atoms with Crippen LogP contribution in [0.1, 0.15) is 6.42 Å². The third-order valence-electron chi connectivity index (χ3n) is 2.59. The van der Waals surface area contributed by atoms with Crippen molar-refractivity contribution in [3.63, 3.8) is 0 Å². The maximum Gasteiger partial charge on any atom is 0.232 e. The van der Waals surface area contributed by atoms with Gasteiger partial charge in [0.25, 0.3) is 0 Å². The summed E-state index contributed by atoms with van der Waals surface area (Å²) in [6.45, 7) is 0.233. The van der Waals surface area contributed by atoms with E-state index in [2.05, 4.69) is 25.9 Å².